The smallest absolute Gasteiger partial charge is 0.238 e. The largest absolute Gasteiger partial charge is 0.264 e. The van der Waals surface area contributed by atoms with Crippen molar-refractivity contribution in [3.05, 3.63) is 53.7 Å². The molecule has 7 heteroatoms. The molecule has 0 bridgehead atoms. The van der Waals surface area contributed by atoms with Crippen molar-refractivity contribution >= 4 is 21.4 Å². The second kappa shape index (κ2) is 5.60. The standard InChI is InChI=1S/C15H13N3O2S2/c1-10-6-7-17-8-13(10)14-9-21-15(18-14)11-2-4-12(5-3-11)22(16,19)20/h2-9H,1H3,(H2,16,19,20). The summed E-state index contributed by atoms with van der Waals surface area (Å²) in [6, 6.07) is 8.33. The van der Waals surface area contributed by atoms with Crippen molar-refractivity contribution in [2.45, 2.75) is 11.8 Å². The van der Waals surface area contributed by atoms with Gasteiger partial charge in [-0.2, -0.15) is 0 Å². The van der Waals surface area contributed by atoms with Crippen LogP contribution in [-0.2, 0) is 10.0 Å². The Morgan fingerprint density at radius 2 is 1.86 bits per heavy atom. The van der Waals surface area contributed by atoms with E-state index in [1.807, 2.05) is 18.4 Å². The number of rotatable bonds is 3. The number of hydrogen-bond acceptors (Lipinski definition) is 5. The summed E-state index contributed by atoms with van der Waals surface area (Å²) in [5.41, 5.74) is 3.81. The van der Waals surface area contributed by atoms with E-state index in [1.165, 1.54) is 23.5 Å². The maximum atomic E-state index is 11.3. The zero-order valence-corrected chi connectivity index (χ0v) is 13.4. The number of nitrogens with two attached hydrogens (primary N) is 1. The molecule has 0 aliphatic rings. The quantitative estimate of drug-likeness (QED) is 0.799. The molecule has 0 unspecified atom stereocenters. The molecule has 2 N–H and O–H groups in total. The van der Waals surface area contributed by atoms with E-state index in [0.29, 0.717) is 0 Å². The van der Waals surface area contributed by atoms with Gasteiger partial charge in [-0.25, -0.2) is 18.5 Å². The molecule has 0 radical (unpaired) electrons. The Balaban J connectivity index is 1.96. The number of nitrogens with zero attached hydrogens (tertiary/aromatic N) is 2. The summed E-state index contributed by atoms with van der Waals surface area (Å²) in [5.74, 6) is 0. The van der Waals surface area contributed by atoms with Crippen LogP contribution in [0.3, 0.4) is 0 Å². The first kappa shape index (κ1) is 14.8. The Bertz CT molecular complexity index is 916. The highest BCUT2D eigenvalue weighted by atomic mass is 32.2. The van der Waals surface area contributed by atoms with Gasteiger partial charge in [0, 0.05) is 28.9 Å². The number of aryl methyl sites for hydroxylation is 1. The minimum absolute atomic E-state index is 0.0936. The SMILES string of the molecule is Cc1ccncc1-c1csc(-c2ccc(S(N)(=O)=O)cc2)n1. The van der Waals surface area contributed by atoms with Crippen molar-refractivity contribution in [3.63, 3.8) is 0 Å². The monoisotopic (exact) mass is 331 g/mol. The molecule has 112 valence electrons. The van der Waals surface area contributed by atoms with Gasteiger partial charge in [-0.15, -0.1) is 11.3 Å². The van der Waals surface area contributed by atoms with Crippen molar-refractivity contribution in [1.29, 1.82) is 0 Å². The van der Waals surface area contributed by atoms with Gasteiger partial charge in [0.1, 0.15) is 5.01 Å². The van der Waals surface area contributed by atoms with E-state index in [0.717, 1.165) is 27.4 Å². The van der Waals surface area contributed by atoms with Crippen LogP contribution in [0.15, 0.2) is 53.0 Å². The minimum atomic E-state index is -3.67. The van der Waals surface area contributed by atoms with Crippen molar-refractivity contribution in [1.82, 2.24) is 9.97 Å². The van der Waals surface area contributed by atoms with Crippen LogP contribution >= 0.6 is 11.3 Å². The topological polar surface area (TPSA) is 85.9 Å². The van der Waals surface area contributed by atoms with Gasteiger partial charge in [0.15, 0.2) is 0 Å². The van der Waals surface area contributed by atoms with Crippen molar-refractivity contribution in [2.75, 3.05) is 0 Å². The van der Waals surface area contributed by atoms with E-state index in [1.54, 1.807) is 24.5 Å². The maximum Gasteiger partial charge on any atom is 0.238 e. The van der Waals surface area contributed by atoms with Crippen LogP contribution in [0.25, 0.3) is 21.8 Å². The third kappa shape index (κ3) is 2.92. The van der Waals surface area contributed by atoms with Crippen LogP contribution in [0.5, 0.6) is 0 Å². The molecule has 0 saturated carbocycles. The van der Waals surface area contributed by atoms with Gasteiger partial charge in [-0.3, -0.25) is 4.98 Å². The average Bonchev–Trinajstić information content (AvgIpc) is 2.96. The molecule has 0 spiro atoms. The Labute approximate surface area is 132 Å². The van der Waals surface area contributed by atoms with E-state index in [9.17, 15) is 8.42 Å². The lowest BCUT2D eigenvalue weighted by molar-refractivity contribution is 0.598. The lowest BCUT2D eigenvalue weighted by Gasteiger charge is -2.01. The highest BCUT2D eigenvalue weighted by molar-refractivity contribution is 7.89. The maximum absolute atomic E-state index is 11.3. The Morgan fingerprint density at radius 3 is 2.50 bits per heavy atom. The third-order valence-corrected chi connectivity index (χ3v) is 5.07. The van der Waals surface area contributed by atoms with Crippen molar-refractivity contribution in [3.8, 4) is 21.8 Å². The number of primary sulfonamides is 1. The third-order valence-electron chi connectivity index (χ3n) is 3.25. The zero-order chi connectivity index (χ0) is 15.7. The second-order valence-electron chi connectivity index (χ2n) is 4.80. The molecular formula is C15H13N3O2S2. The number of sulfonamides is 1. The molecule has 0 aliphatic heterocycles. The zero-order valence-electron chi connectivity index (χ0n) is 11.7. The Morgan fingerprint density at radius 1 is 1.14 bits per heavy atom. The molecule has 2 heterocycles. The van der Waals surface area contributed by atoms with Gasteiger partial charge < -0.3 is 0 Å². The molecule has 0 atom stereocenters. The second-order valence-corrected chi connectivity index (χ2v) is 7.22. The molecule has 0 fully saturated rings. The van der Waals surface area contributed by atoms with Gasteiger partial charge in [0.25, 0.3) is 0 Å². The first-order valence-corrected chi connectivity index (χ1v) is 8.87. The van der Waals surface area contributed by atoms with Gasteiger partial charge in [0.2, 0.25) is 10.0 Å². The lowest BCUT2D eigenvalue weighted by atomic mass is 10.1. The van der Waals surface area contributed by atoms with Crippen molar-refractivity contribution in [2.24, 2.45) is 5.14 Å². The van der Waals surface area contributed by atoms with Gasteiger partial charge in [0.05, 0.1) is 10.6 Å². The summed E-state index contributed by atoms with van der Waals surface area (Å²) in [6.45, 7) is 2.01. The Hall–Kier alpha value is -2.09. The summed E-state index contributed by atoms with van der Waals surface area (Å²) in [4.78, 5) is 8.82. The summed E-state index contributed by atoms with van der Waals surface area (Å²) < 4.78 is 22.5. The predicted molar refractivity (Wildman–Crippen MR) is 86.9 cm³/mol. The van der Waals surface area contributed by atoms with E-state index in [4.69, 9.17) is 5.14 Å². The fraction of sp³-hybridized carbons (Fsp3) is 0.0667. The number of thiazole rings is 1. The molecule has 3 rings (SSSR count). The summed E-state index contributed by atoms with van der Waals surface area (Å²) >= 11 is 1.50. The van der Waals surface area contributed by atoms with E-state index < -0.39 is 10.0 Å². The van der Waals surface area contributed by atoms with Crippen LogP contribution in [0.2, 0.25) is 0 Å². The summed E-state index contributed by atoms with van der Waals surface area (Å²) in [6.07, 6.45) is 3.54. The first-order chi connectivity index (χ1) is 10.4. The number of aromatic nitrogens is 2. The molecular weight excluding hydrogens is 318 g/mol. The fourth-order valence-electron chi connectivity index (χ4n) is 2.05. The van der Waals surface area contributed by atoms with E-state index in [-0.39, 0.29) is 4.90 Å². The molecule has 3 aromatic rings. The predicted octanol–water partition coefficient (Wildman–Crippen LogP) is 2.83. The van der Waals surface area contributed by atoms with Crippen LogP contribution in [0.4, 0.5) is 0 Å². The molecule has 0 amide bonds. The van der Waals surface area contributed by atoms with Crippen LogP contribution in [0.1, 0.15) is 5.56 Å². The Kier molecular flexibility index (Phi) is 3.78. The van der Waals surface area contributed by atoms with Crippen LogP contribution < -0.4 is 5.14 Å². The lowest BCUT2D eigenvalue weighted by Crippen LogP contribution is -2.11. The first-order valence-electron chi connectivity index (χ1n) is 6.45. The van der Waals surface area contributed by atoms with E-state index in [2.05, 4.69) is 9.97 Å². The normalized spacial score (nSPS) is 11.5. The highest BCUT2D eigenvalue weighted by Crippen LogP contribution is 2.30. The van der Waals surface area contributed by atoms with Gasteiger partial charge in [-0.05, 0) is 30.7 Å². The molecule has 0 saturated heterocycles. The van der Waals surface area contributed by atoms with Crippen LogP contribution in [-0.4, -0.2) is 18.4 Å². The molecule has 2 aromatic heterocycles. The number of pyridine rings is 1. The average molecular weight is 331 g/mol. The highest BCUT2D eigenvalue weighted by Gasteiger charge is 2.11. The molecule has 0 aliphatic carbocycles. The van der Waals surface area contributed by atoms with E-state index >= 15 is 0 Å². The molecule has 1 aromatic carbocycles. The van der Waals surface area contributed by atoms with Crippen LogP contribution in [0, 0.1) is 6.92 Å². The number of benzene rings is 1. The fourth-order valence-corrected chi connectivity index (χ4v) is 3.39. The molecule has 22 heavy (non-hydrogen) atoms. The molecule has 5 nitrogen and oxygen atoms in total. The van der Waals surface area contributed by atoms with Gasteiger partial charge >= 0.3 is 0 Å². The number of hydrogen-bond donors (Lipinski definition) is 1. The summed E-state index contributed by atoms with van der Waals surface area (Å²) in [5, 5.41) is 7.88. The summed E-state index contributed by atoms with van der Waals surface area (Å²) in [7, 11) is -3.67. The minimum Gasteiger partial charge on any atom is -0.264 e. The van der Waals surface area contributed by atoms with Crippen molar-refractivity contribution < 1.29 is 8.42 Å². The van der Waals surface area contributed by atoms with Gasteiger partial charge in [-0.1, -0.05) is 12.1 Å².